The molecule has 0 saturated carbocycles. The minimum absolute atomic E-state index is 0.298. The van der Waals surface area contributed by atoms with E-state index in [0.717, 1.165) is 39.1 Å². The lowest BCUT2D eigenvalue weighted by atomic mass is 10.3. The van der Waals surface area contributed by atoms with Gasteiger partial charge < -0.3 is 18.3 Å². The van der Waals surface area contributed by atoms with Gasteiger partial charge in [0, 0.05) is 25.9 Å². The molecule has 0 atom stereocenters. The van der Waals surface area contributed by atoms with E-state index < -0.39 is 8.56 Å². The van der Waals surface area contributed by atoms with Gasteiger partial charge in [0.15, 0.2) is 0 Å². The second kappa shape index (κ2) is 6.60. The molecule has 1 fully saturated rings. The lowest BCUT2D eigenvalue weighted by Gasteiger charge is -2.29. The zero-order valence-corrected chi connectivity index (χ0v) is 11.0. The van der Waals surface area contributed by atoms with Gasteiger partial charge in [-0.05, 0) is 20.4 Å². The van der Waals surface area contributed by atoms with E-state index >= 15 is 0 Å². The minimum Gasteiger partial charge on any atom is -0.395 e. The van der Waals surface area contributed by atoms with E-state index in [4.69, 9.17) is 18.3 Å². The van der Waals surface area contributed by atoms with E-state index in [0.29, 0.717) is 6.10 Å². The normalized spacial score (nSPS) is 17.8. The van der Waals surface area contributed by atoms with Gasteiger partial charge in [-0.25, -0.2) is 0 Å². The lowest BCUT2D eigenvalue weighted by molar-refractivity contribution is -0.127. The van der Waals surface area contributed by atoms with Crippen LogP contribution in [0.2, 0.25) is 12.6 Å². The Labute approximate surface area is 93.1 Å². The van der Waals surface area contributed by atoms with Crippen LogP contribution in [0.5, 0.6) is 0 Å². The zero-order chi connectivity index (χ0) is 11.1. The highest BCUT2D eigenvalue weighted by molar-refractivity contribution is 6.66. The van der Waals surface area contributed by atoms with Crippen LogP contribution in [0.4, 0.5) is 0 Å². The van der Waals surface area contributed by atoms with Crippen molar-refractivity contribution in [2.75, 3.05) is 33.0 Å². The third-order valence-electron chi connectivity index (χ3n) is 2.42. The minimum atomic E-state index is -1.97. The molecule has 4 nitrogen and oxygen atoms in total. The number of hydrogen-bond acceptors (Lipinski definition) is 4. The van der Waals surface area contributed by atoms with Crippen LogP contribution in [-0.4, -0.2) is 47.7 Å². The Hall–Kier alpha value is 0.0569. The van der Waals surface area contributed by atoms with Crippen molar-refractivity contribution in [3.05, 3.63) is 0 Å². The molecule has 0 aromatic carbocycles. The van der Waals surface area contributed by atoms with Crippen LogP contribution >= 0.6 is 0 Å². The molecule has 1 aliphatic heterocycles. The van der Waals surface area contributed by atoms with E-state index in [1.54, 1.807) is 0 Å². The molecule has 0 spiro atoms. The predicted molar refractivity (Wildman–Crippen MR) is 60.2 cm³/mol. The van der Waals surface area contributed by atoms with Gasteiger partial charge in [-0.15, -0.1) is 0 Å². The third kappa shape index (κ3) is 4.61. The first-order chi connectivity index (χ1) is 7.20. The van der Waals surface area contributed by atoms with Crippen LogP contribution in [-0.2, 0) is 18.3 Å². The summed E-state index contributed by atoms with van der Waals surface area (Å²) in [6.45, 7) is 9.74. The maximum absolute atomic E-state index is 5.71. The molecule has 1 heterocycles. The fourth-order valence-corrected chi connectivity index (χ4v) is 3.60. The van der Waals surface area contributed by atoms with Crippen LogP contribution < -0.4 is 0 Å². The average Bonchev–Trinajstić information content (AvgIpc) is 2.10. The van der Waals surface area contributed by atoms with Crippen LogP contribution in [0.15, 0.2) is 0 Å². The molecule has 0 amide bonds. The molecule has 0 aromatic heterocycles. The summed E-state index contributed by atoms with van der Waals surface area (Å²) < 4.78 is 22.1. The second-order valence-corrected chi connectivity index (χ2v) is 7.13. The standard InChI is InChI=1S/C10H22O4Si/c1-4-13-15(3,14-5-2)7-6-12-10-8-11-9-10/h10H,4-9H2,1-3H3. The van der Waals surface area contributed by atoms with Crippen LogP contribution in [0.1, 0.15) is 13.8 Å². The molecule has 5 heteroatoms. The number of rotatable bonds is 8. The summed E-state index contributed by atoms with van der Waals surface area (Å²) >= 11 is 0. The van der Waals surface area contributed by atoms with Crippen molar-refractivity contribution >= 4 is 8.56 Å². The predicted octanol–water partition coefficient (Wildman–Crippen LogP) is 1.55. The SMILES string of the molecule is CCO[Si](C)(CCOC1COC1)OCC. The third-order valence-corrected chi connectivity index (χ3v) is 5.33. The Morgan fingerprint density at radius 1 is 1.20 bits per heavy atom. The highest BCUT2D eigenvalue weighted by atomic mass is 28.4. The summed E-state index contributed by atoms with van der Waals surface area (Å²) in [4.78, 5) is 0. The van der Waals surface area contributed by atoms with Crippen molar-refractivity contribution in [1.29, 1.82) is 0 Å². The maximum atomic E-state index is 5.71. The Bertz CT molecular complexity index is 167. The fraction of sp³-hybridized carbons (Fsp3) is 1.00. The molecule has 0 N–H and O–H groups in total. The van der Waals surface area contributed by atoms with Gasteiger partial charge in [-0.3, -0.25) is 0 Å². The van der Waals surface area contributed by atoms with E-state index in [2.05, 4.69) is 6.55 Å². The lowest BCUT2D eigenvalue weighted by Crippen LogP contribution is -2.42. The van der Waals surface area contributed by atoms with Gasteiger partial charge in [0.2, 0.25) is 0 Å². The van der Waals surface area contributed by atoms with Crippen molar-refractivity contribution in [3.63, 3.8) is 0 Å². The molecule has 0 unspecified atom stereocenters. The topological polar surface area (TPSA) is 36.9 Å². The van der Waals surface area contributed by atoms with E-state index in [9.17, 15) is 0 Å². The van der Waals surface area contributed by atoms with Gasteiger partial charge in [0.05, 0.1) is 13.2 Å². The molecular formula is C10H22O4Si. The summed E-state index contributed by atoms with van der Waals surface area (Å²) in [6, 6.07) is 0.894. The Morgan fingerprint density at radius 3 is 2.20 bits per heavy atom. The highest BCUT2D eigenvalue weighted by Crippen LogP contribution is 2.15. The monoisotopic (exact) mass is 234 g/mol. The molecular weight excluding hydrogens is 212 g/mol. The molecule has 0 aromatic rings. The quantitative estimate of drug-likeness (QED) is 0.597. The average molecular weight is 234 g/mol. The van der Waals surface area contributed by atoms with Crippen molar-refractivity contribution in [1.82, 2.24) is 0 Å². The Morgan fingerprint density at radius 2 is 1.80 bits per heavy atom. The largest absolute Gasteiger partial charge is 0.395 e. The second-order valence-electron chi connectivity index (χ2n) is 3.78. The Kier molecular flexibility index (Phi) is 5.77. The van der Waals surface area contributed by atoms with Crippen molar-refractivity contribution in [2.24, 2.45) is 0 Å². The first kappa shape index (κ1) is 13.1. The summed E-state index contributed by atoms with van der Waals surface area (Å²) in [5, 5.41) is 0. The van der Waals surface area contributed by atoms with Crippen molar-refractivity contribution in [3.8, 4) is 0 Å². The first-order valence-corrected chi connectivity index (χ1v) is 8.20. The first-order valence-electron chi connectivity index (χ1n) is 5.67. The number of ether oxygens (including phenoxy) is 2. The molecule has 0 radical (unpaired) electrons. The van der Waals surface area contributed by atoms with Gasteiger partial charge in [0.25, 0.3) is 0 Å². The molecule has 1 saturated heterocycles. The molecule has 1 aliphatic rings. The molecule has 90 valence electrons. The number of hydrogen-bond donors (Lipinski definition) is 0. The highest BCUT2D eigenvalue weighted by Gasteiger charge is 2.31. The van der Waals surface area contributed by atoms with Crippen LogP contribution in [0, 0.1) is 0 Å². The molecule has 1 rings (SSSR count). The summed E-state index contributed by atoms with van der Waals surface area (Å²) in [5.74, 6) is 0. The molecule has 15 heavy (non-hydrogen) atoms. The summed E-state index contributed by atoms with van der Waals surface area (Å²) in [5.41, 5.74) is 0. The fourth-order valence-electron chi connectivity index (χ4n) is 1.52. The van der Waals surface area contributed by atoms with Gasteiger partial charge in [0.1, 0.15) is 6.10 Å². The Balaban J connectivity index is 2.17. The van der Waals surface area contributed by atoms with Gasteiger partial charge >= 0.3 is 8.56 Å². The molecule has 0 aliphatic carbocycles. The maximum Gasteiger partial charge on any atom is 0.337 e. The van der Waals surface area contributed by atoms with E-state index in [-0.39, 0.29) is 0 Å². The van der Waals surface area contributed by atoms with Crippen molar-refractivity contribution < 1.29 is 18.3 Å². The van der Waals surface area contributed by atoms with Crippen LogP contribution in [0.25, 0.3) is 0 Å². The molecule has 0 bridgehead atoms. The van der Waals surface area contributed by atoms with Gasteiger partial charge in [-0.1, -0.05) is 0 Å². The van der Waals surface area contributed by atoms with E-state index in [1.165, 1.54) is 0 Å². The smallest absolute Gasteiger partial charge is 0.337 e. The summed E-state index contributed by atoms with van der Waals surface area (Å²) in [7, 11) is -1.97. The zero-order valence-electron chi connectivity index (χ0n) is 9.95. The summed E-state index contributed by atoms with van der Waals surface area (Å²) in [6.07, 6.45) is 0.298. The van der Waals surface area contributed by atoms with E-state index in [1.807, 2.05) is 13.8 Å². The van der Waals surface area contributed by atoms with Crippen LogP contribution in [0.3, 0.4) is 0 Å². The van der Waals surface area contributed by atoms with Gasteiger partial charge in [-0.2, -0.15) is 0 Å². The van der Waals surface area contributed by atoms with Crippen molar-refractivity contribution in [2.45, 2.75) is 32.5 Å².